The summed E-state index contributed by atoms with van der Waals surface area (Å²) >= 11 is 3.59. The predicted molar refractivity (Wildman–Crippen MR) is 126 cm³/mol. The summed E-state index contributed by atoms with van der Waals surface area (Å²) in [7, 11) is 0. The number of hydrogen-bond donors (Lipinski definition) is 0. The van der Waals surface area contributed by atoms with E-state index in [4.69, 9.17) is 0 Å². The maximum atomic E-state index is 3.59. The summed E-state index contributed by atoms with van der Waals surface area (Å²) in [6.07, 6.45) is 0. The minimum absolute atomic E-state index is 1.11. The van der Waals surface area contributed by atoms with Gasteiger partial charge in [0.2, 0.25) is 0 Å². The average Bonchev–Trinajstić information content (AvgIpc) is 2.75. The molecule has 0 saturated carbocycles. The summed E-state index contributed by atoms with van der Waals surface area (Å²) in [5, 5.41) is 8.00. The quantitative estimate of drug-likeness (QED) is 0.239. The molecule has 0 aliphatic heterocycles. The monoisotopic (exact) mass is 416 g/mol. The van der Waals surface area contributed by atoms with Crippen molar-refractivity contribution in [2.24, 2.45) is 0 Å². The summed E-state index contributed by atoms with van der Waals surface area (Å²) in [6, 6.07) is 28.5. The van der Waals surface area contributed by atoms with Crippen molar-refractivity contribution in [1.29, 1.82) is 0 Å². The van der Waals surface area contributed by atoms with E-state index in [1.807, 2.05) is 27.7 Å². The van der Waals surface area contributed by atoms with Gasteiger partial charge in [-0.15, -0.1) is 0 Å². The van der Waals surface area contributed by atoms with Gasteiger partial charge < -0.3 is 0 Å². The molecule has 5 aromatic rings. The van der Waals surface area contributed by atoms with Gasteiger partial charge in [-0.3, -0.25) is 0 Å². The number of benzene rings is 5. The smallest absolute Gasteiger partial charge is 0.0181 e. The second kappa shape index (κ2) is 8.54. The largest absolute Gasteiger partial charge is 0.0683 e. The van der Waals surface area contributed by atoms with E-state index in [9.17, 15) is 0 Å². The Labute approximate surface area is 170 Å². The van der Waals surface area contributed by atoms with E-state index >= 15 is 0 Å². The van der Waals surface area contributed by atoms with Crippen LogP contribution in [0.5, 0.6) is 0 Å². The first-order valence-corrected chi connectivity index (χ1v) is 10.5. The minimum Gasteiger partial charge on any atom is -0.0683 e. The third-order valence-corrected chi connectivity index (χ3v) is 5.16. The molecular formula is C26H25Br. The Hall–Kier alpha value is -2.38. The normalized spacial score (nSPS) is 10.4. The first-order valence-electron chi connectivity index (χ1n) is 9.74. The van der Waals surface area contributed by atoms with Crippen LogP contribution in [-0.2, 0) is 0 Å². The van der Waals surface area contributed by atoms with Gasteiger partial charge in [-0.05, 0) is 55.6 Å². The lowest BCUT2D eigenvalue weighted by Crippen LogP contribution is -1.87. The zero-order valence-electron chi connectivity index (χ0n) is 16.4. The molecule has 0 radical (unpaired) electrons. The zero-order valence-corrected chi connectivity index (χ0v) is 18.0. The topological polar surface area (TPSA) is 0 Å². The lowest BCUT2D eigenvalue weighted by molar-refractivity contribution is 1.50. The molecule has 5 rings (SSSR count). The summed E-state index contributed by atoms with van der Waals surface area (Å²) in [5.41, 5.74) is 2.54. The highest BCUT2D eigenvalue weighted by Crippen LogP contribution is 2.39. The van der Waals surface area contributed by atoms with E-state index in [1.54, 1.807) is 0 Å². The van der Waals surface area contributed by atoms with Crippen molar-refractivity contribution in [3.8, 4) is 11.1 Å². The molecule has 0 saturated heterocycles. The third kappa shape index (κ3) is 3.44. The molecule has 27 heavy (non-hydrogen) atoms. The molecule has 136 valence electrons. The van der Waals surface area contributed by atoms with Gasteiger partial charge in [-0.2, -0.15) is 0 Å². The summed E-state index contributed by atoms with van der Waals surface area (Å²) < 4.78 is 1.11. The van der Waals surface area contributed by atoms with Gasteiger partial charge in [0.25, 0.3) is 0 Å². The zero-order chi connectivity index (χ0) is 19.4. The Balaban J connectivity index is 0.000000495. The molecule has 0 spiro atoms. The van der Waals surface area contributed by atoms with Crippen LogP contribution in [0.15, 0.2) is 83.3 Å². The molecule has 0 bridgehead atoms. The van der Waals surface area contributed by atoms with Crippen molar-refractivity contribution in [3.63, 3.8) is 0 Å². The average molecular weight is 417 g/mol. The van der Waals surface area contributed by atoms with Crippen LogP contribution < -0.4 is 0 Å². The summed E-state index contributed by atoms with van der Waals surface area (Å²) in [6.45, 7) is 8.00. The van der Waals surface area contributed by atoms with Crippen LogP contribution in [-0.4, -0.2) is 0 Å². The second-order valence-corrected chi connectivity index (χ2v) is 6.90. The number of rotatable bonds is 1. The molecule has 0 fully saturated rings. The van der Waals surface area contributed by atoms with Crippen molar-refractivity contribution in [2.45, 2.75) is 27.7 Å². The first kappa shape index (κ1) is 19.4. The first-order chi connectivity index (χ1) is 13.3. The molecule has 5 aromatic carbocycles. The van der Waals surface area contributed by atoms with E-state index in [-0.39, 0.29) is 0 Å². The fourth-order valence-corrected chi connectivity index (χ4v) is 4.04. The molecule has 0 N–H and O–H groups in total. The highest BCUT2D eigenvalue weighted by atomic mass is 79.9. The fraction of sp³-hybridized carbons (Fsp3) is 0.154. The third-order valence-electron chi connectivity index (χ3n) is 4.66. The van der Waals surface area contributed by atoms with Crippen LogP contribution >= 0.6 is 15.9 Å². The summed E-state index contributed by atoms with van der Waals surface area (Å²) in [5.74, 6) is 0. The molecule has 0 amide bonds. The van der Waals surface area contributed by atoms with Crippen molar-refractivity contribution >= 4 is 48.2 Å². The maximum Gasteiger partial charge on any atom is 0.0181 e. The molecule has 0 aromatic heterocycles. The van der Waals surface area contributed by atoms with Crippen LogP contribution in [0.25, 0.3) is 43.4 Å². The van der Waals surface area contributed by atoms with Crippen LogP contribution in [0.3, 0.4) is 0 Å². The van der Waals surface area contributed by atoms with Crippen LogP contribution in [0.1, 0.15) is 27.7 Å². The van der Waals surface area contributed by atoms with Crippen molar-refractivity contribution in [3.05, 3.63) is 83.3 Å². The Kier molecular flexibility index (Phi) is 6.13. The Morgan fingerprint density at radius 3 is 1.78 bits per heavy atom. The highest BCUT2D eigenvalue weighted by molar-refractivity contribution is 9.10. The predicted octanol–water partition coefficient (Wildman–Crippen LogP) is 9.07. The van der Waals surface area contributed by atoms with Gasteiger partial charge in [0.05, 0.1) is 0 Å². The van der Waals surface area contributed by atoms with E-state index in [1.165, 1.54) is 43.4 Å². The maximum absolute atomic E-state index is 3.59. The molecule has 0 nitrogen and oxygen atoms in total. The van der Waals surface area contributed by atoms with E-state index < -0.39 is 0 Å². The minimum atomic E-state index is 1.11. The highest BCUT2D eigenvalue weighted by Gasteiger charge is 2.11. The lowest BCUT2D eigenvalue weighted by atomic mass is 9.90. The van der Waals surface area contributed by atoms with Crippen molar-refractivity contribution in [2.75, 3.05) is 0 Å². The van der Waals surface area contributed by atoms with E-state index in [2.05, 4.69) is 94.8 Å². The van der Waals surface area contributed by atoms with Crippen LogP contribution in [0.4, 0.5) is 0 Å². The molecule has 1 heteroatoms. The molecule has 0 heterocycles. The van der Waals surface area contributed by atoms with E-state index in [0.29, 0.717) is 0 Å². The van der Waals surface area contributed by atoms with Gasteiger partial charge in [0.15, 0.2) is 0 Å². The fourth-order valence-electron chi connectivity index (χ4n) is 3.64. The molecule has 0 aliphatic rings. The van der Waals surface area contributed by atoms with E-state index in [0.717, 1.165) is 4.47 Å². The molecule has 0 unspecified atom stereocenters. The second-order valence-electron chi connectivity index (χ2n) is 5.98. The Morgan fingerprint density at radius 2 is 1.11 bits per heavy atom. The Morgan fingerprint density at radius 1 is 0.556 bits per heavy atom. The Bertz CT molecular complexity index is 1160. The SMILES string of the molecule is Brc1cccc(-c2ccc3ccc4cccc5ccc2c3c45)c1.CC.CC. The van der Waals surface area contributed by atoms with Gasteiger partial charge in [0.1, 0.15) is 0 Å². The van der Waals surface area contributed by atoms with Crippen LogP contribution in [0, 0.1) is 0 Å². The van der Waals surface area contributed by atoms with Gasteiger partial charge in [-0.1, -0.05) is 110 Å². The molecular weight excluding hydrogens is 392 g/mol. The van der Waals surface area contributed by atoms with Gasteiger partial charge >= 0.3 is 0 Å². The lowest BCUT2D eigenvalue weighted by Gasteiger charge is -2.14. The standard InChI is InChI=1S/C22H13Br.2C2H6/c23-18-6-2-5-17(13-18)19-11-9-16-8-7-14-3-1-4-15-10-12-20(19)22(16)21(14)15;2*1-2/h1-13H;2*1-2H3. The van der Waals surface area contributed by atoms with Gasteiger partial charge in [0, 0.05) is 4.47 Å². The number of hydrogen-bond acceptors (Lipinski definition) is 0. The molecule has 0 atom stereocenters. The van der Waals surface area contributed by atoms with Crippen LogP contribution in [0.2, 0.25) is 0 Å². The van der Waals surface area contributed by atoms with Crippen molar-refractivity contribution < 1.29 is 0 Å². The molecule has 0 aliphatic carbocycles. The number of halogens is 1. The van der Waals surface area contributed by atoms with Crippen molar-refractivity contribution in [1.82, 2.24) is 0 Å². The van der Waals surface area contributed by atoms with Gasteiger partial charge in [-0.25, -0.2) is 0 Å². The summed E-state index contributed by atoms with van der Waals surface area (Å²) in [4.78, 5) is 0.